The number of nitrogens with one attached hydrogen (secondary N) is 2. The molecule has 0 aliphatic heterocycles. The highest BCUT2D eigenvalue weighted by molar-refractivity contribution is 6.03. The Labute approximate surface area is 133 Å². The molecule has 0 saturated carbocycles. The van der Waals surface area contributed by atoms with Gasteiger partial charge in [0.2, 0.25) is 0 Å². The first-order valence-electron chi connectivity index (χ1n) is 6.67. The maximum absolute atomic E-state index is 12.1. The van der Waals surface area contributed by atoms with Crippen LogP contribution in [0, 0.1) is 12.3 Å². The molecule has 1 aromatic rings. The number of hydrogen-bond donors (Lipinski definition) is 2. The molecular weight excluding hydrogens is 298 g/mol. The van der Waals surface area contributed by atoms with Crippen LogP contribution in [0.15, 0.2) is 23.3 Å². The highest BCUT2D eigenvalue weighted by Gasteiger charge is 2.19. The monoisotopic (exact) mass is 315 g/mol. The second-order valence-corrected chi connectivity index (χ2v) is 5.43. The molecule has 120 valence electrons. The molecule has 0 fully saturated rings. The van der Waals surface area contributed by atoms with Crippen LogP contribution in [0.1, 0.15) is 31.1 Å². The lowest BCUT2D eigenvalue weighted by molar-refractivity contribution is 0.0636. The second-order valence-electron chi connectivity index (χ2n) is 5.43. The van der Waals surface area contributed by atoms with Gasteiger partial charge in [-0.2, -0.15) is 0 Å². The zero-order valence-corrected chi connectivity index (χ0v) is 13.1. The topological polar surface area (TPSA) is 116 Å². The standard InChI is InChI=1S/C15H17N5O3/c1-5-8-17-13(21)11-9-10(19-20-16)6-7-12(11)18-14(22)23-15(2,3)4/h1,6-7,9H,8H2,2-4H3,(H,17,21)(H,18,22). The molecule has 0 bridgehead atoms. The number of anilines is 1. The fourth-order valence-corrected chi connectivity index (χ4v) is 1.58. The predicted molar refractivity (Wildman–Crippen MR) is 86.3 cm³/mol. The zero-order valence-electron chi connectivity index (χ0n) is 13.1. The Bertz CT molecular complexity index is 694. The molecule has 1 aromatic carbocycles. The summed E-state index contributed by atoms with van der Waals surface area (Å²) < 4.78 is 5.14. The van der Waals surface area contributed by atoms with Gasteiger partial charge in [-0.05, 0) is 38.4 Å². The largest absolute Gasteiger partial charge is 0.444 e. The van der Waals surface area contributed by atoms with E-state index in [1.807, 2.05) is 0 Å². The normalized spacial score (nSPS) is 10.0. The van der Waals surface area contributed by atoms with E-state index >= 15 is 0 Å². The Balaban J connectivity index is 3.10. The van der Waals surface area contributed by atoms with E-state index in [0.717, 1.165) is 0 Å². The first-order chi connectivity index (χ1) is 10.8. The molecule has 0 aliphatic carbocycles. The van der Waals surface area contributed by atoms with Crippen LogP contribution in [0.25, 0.3) is 10.4 Å². The predicted octanol–water partition coefficient (Wildman–Crippen LogP) is 3.34. The van der Waals surface area contributed by atoms with Crippen molar-refractivity contribution < 1.29 is 14.3 Å². The maximum Gasteiger partial charge on any atom is 0.412 e. The summed E-state index contributed by atoms with van der Waals surface area (Å²) in [5.74, 6) is 1.76. The van der Waals surface area contributed by atoms with E-state index in [2.05, 4.69) is 26.6 Å². The molecule has 0 unspecified atom stereocenters. The van der Waals surface area contributed by atoms with Gasteiger partial charge < -0.3 is 10.1 Å². The second kappa shape index (κ2) is 7.73. The molecule has 2 N–H and O–H groups in total. The van der Waals surface area contributed by atoms with E-state index in [4.69, 9.17) is 16.7 Å². The van der Waals surface area contributed by atoms with Gasteiger partial charge in [-0.15, -0.1) is 6.42 Å². The molecular formula is C15H17N5O3. The summed E-state index contributed by atoms with van der Waals surface area (Å²) in [6.07, 6.45) is 4.39. The van der Waals surface area contributed by atoms with Crippen LogP contribution in [0.3, 0.4) is 0 Å². The van der Waals surface area contributed by atoms with Gasteiger partial charge in [-0.25, -0.2) is 4.79 Å². The third kappa shape index (κ3) is 5.99. The molecule has 8 nitrogen and oxygen atoms in total. The van der Waals surface area contributed by atoms with Gasteiger partial charge in [0.05, 0.1) is 17.8 Å². The van der Waals surface area contributed by atoms with E-state index in [9.17, 15) is 9.59 Å². The smallest absolute Gasteiger partial charge is 0.412 e. The Kier molecular flexibility index (Phi) is 6.01. The van der Waals surface area contributed by atoms with Crippen molar-refractivity contribution in [2.45, 2.75) is 26.4 Å². The number of carbonyl (C=O) groups is 2. The summed E-state index contributed by atoms with van der Waals surface area (Å²) in [5.41, 5.74) is 8.35. The number of carbonyl (C=O) groups excluding carboxylic acids is 2. The Hall–Kier alpha value is -3.17. The molecule has 2 amide bonds. The molecule has 0 atom stereocenters. The van der Waals surface area contributed by atoms with Gasteiger partial charge in [0, 0.05) is 10.6 Å². The van der Waals surface area contributed by atoms with Crippen molar-refractivity contribution >= 4 is 23.4 Å². The van der Waals surface area contributed by atoms with Crippen LogP contribution in [-0.2, 0) is 4.74 Å². The number of terminal acetylenes is 1. The van der Waals surface area contributed by atoms with E-state index in [0.29, 0.717) is 0 Å². The molecule has 0 aliphatic rings. The van der Waals surface area contributed by atoms with Crippen molar-refractivity contribution in [3.05, 3.63) is 34.2 Å². The summed E-state index contributed by atoms with van der Waals surface area (Å²) in [4.78, 5) is 26.6. The van der Waals surface area contributed by atoms with Crippen LogP contribution in [0.2, 0.25) is 0 Å². The molecule has 0 saturated heterocycles. The fourth-order valence-electron chi connectivity index (χ4n) is 1.58. The third-order valence-corrected chi connectivity index (χ3v) is 2.39. The summed E-state index contributed by atoms with van der Waals surface area (Å²) in [6, 6.07) is 4.25. The third-order valence-electron chi connectivity index (χ3n) is 2.39. The lowest BCUT2D eigenvalue weighted by Crippen LogP contribution is -2.29. The number of benzene rings is 1. The number of azide groups is 1. The number of amides is 2. The first kappa shape index (κ1) is 17.9. The van der Waals surface area contributed by atoms with Gasteiger partial charge in [0.25, 0.3) is 5.91 Å². The van der Waals surface area contributed by atoms with Crippen LogP contribution < -0.4 is 10.6 Å². The molecule has 0 aromatic heterocycles. The van der Waals surface area contributed by atoms with Gasteiger partial charge in [0.1, 0.15) is 5.60 Å². The summed E-state index contributed by atoms with van der Waals surface area (Å²) >= 11 is 0. The van der Waals surface area contributed by atoms with Crippen LogP contribution in [-0.4, -0.2) is 24.1 Å². The average molecular weight is 315 g/mol. The Morgan fingerprint density at radius 2 is 2.13 bits per heavy atom. The highest BCUT2D eigenvalue weighted by Crippen LogP contribution is 2.23. The van der Waals surface area contributed by atoms with Crippen LogP contribution >= 0.6 is 0 Å². The van der Waals surface area contributed by atoms with Gasteiger partial charge >= 0.3 is 6.09 Å². The zero-order chi connectivity index (χ0) is 17.5. The maximum atomic E-state index is 12.1. The molecule has 0 heterocycles. The van der Waals surface area contributed by atoms with E-state index in [-0.39, 0.29) is 23.5 Å². The summed E-state index contributed by atoms with van der Waals surface area (Å²) in [7, 11) is 0. The number of ether oxygens (including phenoxy) is 1. The summed E-state index contributed by atoms with van der Waals surface area (Å²) in [5, 5.41) is 8.39. The molecule has 0 radical (unpaired) electrons. The van der Waals surface area contributed by atoms with Gasteiger partial charge in [0.15, 0.2) is 0 Å². The number of rotatable bonds is 4. The Morgan fingerprint density at radius 1 is 1.43 bits per heavy atom. The lowest BCUT2D eigenvalue weighted by atomic mass is 10.1. The van der Waals surface area contributed by atoms with E-state index in [1.54, 1.807) is 20.8 Å². The fraction of sp³-hybridized carbons (Fsp3) is 0.333. The van der Waals surface area contributed by atoms with Crippen molar-refractivity contribution in [1.82, 2.24) is 5.32 Å². The first-order valence-corrected chi connectivity index (χ1v) is 6.67. The minimum Gasteiger partial charge on any atom is -0.444 e. The molecule has 1 rings (SSSR count). The number of hydrogen-bond acceptors (Lipinski definition) is 4. The van der Waals surface area contributed by atoms with Crippen molar-refractivity contribution in [2.24, 2.45) is 5.11 Å². The average Bonchev–Trinajstić information content (AvgIpc) is 2.44. The SMILES string of the molecule is C#CCNC(=O)c1cc(N=[N+]=[N-])ccc1NC(=O)OC(C)(C)C. The minimum atomic E-state index is -0.708. The lowest BCUT2D eigenvalue weighted by Gasteiger charge is -2.20. The van der Waals surface area contributed by atoms with Gasteiger partial charge in [-0.1, -0.05) is 17.1 Å². The quantitative estimate of drug-likeness (QED) is 0.384. The molecule has 23 heavy (non-hydrogen) atoms. The highest BCUT2D eigenvalue weighted by atomic mass is 16.6. The van der Waals surface area contributed by atoms with Crippen molar-refractivity contribution in [1.29, 1.82) is 0 Å². The molecule has 0 spiro atoms. The van der Waals surface area contributed by atoms with Crippen molar-refractivity contribution in [2.75, 3.05) is 11.9 Å². The Morgan fingerprint density at radius 3 is 2.70 bits per heavy atom. The summed E-state index contributed by atoms with van der Waals surface area (Å²) in [6.45, 7) is 5.18. The van der Waals surface area contributed by atoms with Crippen molar-refractivity contribution in [3.8, 4) is 12.3 Å². The van der Waals surface area contributed by atoms with Crippen LogP contribution in [0.5, 0.6) is 0 Å². The minimum absolute atomic E-state index is 0.0243. The van der Waals surface area contributed by atoms with E-state index < -0.39 is 17.6 Å². The van der Waals surface area contributed by atoms with Gasteiger partial charge in [-0.3, -0.25) is 10.1 Å². The molecule has 8 heteroatoms. The van der Waals surface area contributed by atoms with Crippen LogP contribution in [0.4, 0.5) is 16.2 Å². The van der Waals surface area contributed by atoms with Crippen molar-refractivity contribution in [3.63, 3.8) is 0 Å². The number of nitrogens with zero attached hydrogens (tertiary/aromatic N) is 3. The van der Waals surface area contributed by atoms with E-state index in [1.165, 1.54) is 18.2 Å².